The molecule has 5 heteroatoms. The number of nitrogens with one attached hydrogen (secondary N) is 1. The molecule has 0 bridgehead atoms. The topological polar surface area (TPSA) is 55.4 Å². The third kappa shape index (κ3) is 6.81. The maximum absolute atomic E-state index is 11.1. The fraction of sp³-hybridized carbons (Fsp3) is 0.833. The van der Waals surface area contributed by atoms with Crippen molar-refractivity contribution in [3.05, 3.63) is 12.2 Å². The minimum absolute atomic E-state index is 0.0932. The van der Waals surface area contributed by atoms with Crippen LogP contribution in [0.25, 0.3) is 0 Å². The van der Waals surface area contributed by atoms with Gasteiger partial charge in [0.25, 0.3) is 0 Å². The van der Waals surface area contributed by atoms with E-state index in [1.54, 1.807) is 0 Å². The number of rotatable bonds is 7. The fourth-order valence-corrected chi connectivity index (χ4v) is 2.78. The van der Waals surface area contributed by atoms with E-state index in [0.717, 1.165) is 6.42 Å². The van der Waals surface area contributed by atoms with Crippen LogP contribution in [0.15, 0.2) is 12.2 Å². The predicted octanol–water partition coefficient (Wildman–Crippen LogP) is 2.53. The third-order valence-electron chi connectivity index (χ3n) is 2.81. The smallest absolute Gasteiger partial charge is 0.258 e. The standard InChI is InChI=1S/C12H23NO3S/c1-2-3-4-5-6-7-8-9-12-10-11-16-17(14,15)13-12/h8-9,12-13H,2-7,10-11H2,1H3/b9-8+. The molecule has 1 aliphatic rings. The van der Waals surface area contributed by atoms with Gasteiger partial charge in [-0.25, -0.2) is 0 Å². The summed E-state index contributed by atoms with van der Waals surface area (Å²) in [5, 5.41) is 0. The summed E-state index contributed by atoms with van der Waals surface area (Å²) in [6.07, 6.45) is 12.1. The first-order valence-corrected chi connectivity index (χ1v) is 7.88. The molecule has 1 atom stereocenters. The van der Waals surface area contributed by atoms with Crippen molar-refractivity contribution in [1.82, 2.24) is 4.72 Å². The van der Waals surface area contributed by atoms with Gasteiger partial charge in [-0.05, 0) is 19.3 Å². The minimum Gasteiger partial charge on any atom is -0.258 e. The second-order valence-corrected chi connectivity index (χ2v) is 5.80. The first kappa shape index (κ1) is 14.7. The Hall–Kier alpha value is -0.390. The molecular formula is C12H23NO3S. The van der Waals surface area contributed by atoms with Gasteiger partial charge in [0.15, 0.2) is 0 Å². The van der Waals surface area contributed by atoms with E-state index in [4.69, 9.17) is 0 Å². The number of allylic oxidation sites excluding steroid dienone is 1. The largest absolute Gasteiger partial charge is 0.336 e. The molecule has 1 saturated heterocycles. The Balaban J connectivity index is 2.12. The Labute approximate surface area is 105 Å². The van der Waals surface area contributed by atoms with Gasteiger partial charge in [-0.2, -0.15) is 13.1 Å². The SMILES string of the molecule is CCCCCCC/C=C/C1CCOS(=O)(=O)N1. The van der Waals surface area contributed by atoms with Gasteiger partial charge in [-0.3, -0.25) is 4.18 Å². The zero-order valence-corrected chi connectivity index (χ0v) is 11.3. The molecule has 0 spiro atoms. The summed E-state index contributed by atoms with van der Waals surface area (Å²) < 4.78 is 29.3. The van der Waals surface area contributed by atoms with Crippen molar-refractivity contribution in [1.29, 1.82) is 0 Å². The molecule has 0 aromatic rings. The molecule has 0 aliphatic carbocycles. The van der Waals surface area contributed by atoms with Crippen LogP contribution < -0.4 is 4.72 Å². The highest BCUT2D eigenvalue weighted by molar-refractivity contribution is 7.84. The highest BCUT2D eigenvalue weighted by atomic mass is 32.2. The van der Waals surface area contributed by atoms with Gasteiger partial charge < -0.3 is 0 Å². The van der Waals surface area contributed by atoms with Crippen LogP contribution in [-0.4, -0.2) is 21.1 Å². The summed E-state index contributed by atoms with van der Waals surface area (Å²) >= 11 is 0. The molecule has 1 heterocycles. The van der Waals surface area contributed by atoms with Gasteiger partial charge in [0, 0.05) is 6.04 Å². The molecule has 4 nitrogen and oxygen atoms in total. The van der Waals surface area contributed by atoms with Crippen LogP contribution in [0.1, 0.15) is 51.9 Å². The van der Waals surface area contributed by atoms with Crippen molar-refractivity contribution < 1.29 is 12.6 Å². The van der Waals surface area contributed by atoms with Crippen LogP contribution in [0.5, 0.6) is 0 Å². The normalized spacial score (nSPS) is 24.2. The highest BCUT2D eigenvalue weighted by Gasteiger charge is 2.21. The molecule has 1 aliphatic heterocycles. The van der Waals surface area contributed by atoms with Gasteiger partial charge in [0.2, 0.25) is 0 Å². The molecule has 0 amide bonds. The minimum atomic E-state index is -3.49. The number of hydrogen-bond acceptors (Lipinski definition) is 3. The van der Waals surface area contributed by atoms with Gasteiger partial charge in [-0.15, -0.1) is 0 Å². The first-order valence-electron chi connectivity index (χ1n) is 6.47. The quantitative estimate of drug-likeness (QED) is 0.566. The van der Waals surface area contributed by atoms with E-state index in [2.05, 4.69) is 21.9 Å². The van der Waals surface area contributed by atoms with Crippen LogP contribution >= 0.6 is 0 Å². The van der Waals surface area contributed by atoms with E-state index < -0.39 is 10.3 Å². The van der Waals surface area contributed by atoms with Crippen LogP contribution in [-0.2, 0) is 14.5 Å². The number of unbranched alkanes of at least 4 members (excludes halogenated alkanes) is 5. The Morgan fingerprint density at radius 3 is 2.76 bits per heavy atom. The molecular weight excluding hydrogens is 238 g/mol. The maximum atomic E-state index is 11.1. The molecule has 1 fully saturated rings. The van der Waals surface area contributed by atoms with Crippen molar-refractivity contribution in [3.8, 4) is 0 Å². The lowest BCUT2D eigenvalue weighted by molar-refractivity contribution is 0.269. The first-order chi connectivity index (χ1) is 8.14. The molecule has 0 radical (unpaired) electrons. The monoisotopic (exact) mass is 261 g/mol. The van der Waals surface area contributed by atoms with Crippen LogP contribution in [0.3, 0.4) is 0 Å². The van der Waals surface area contributed by atoms with Gasteiger partial charge in [-0.1, -0.05) is 44.8 Å². The van der Waals surface area contributed by atoms with Crippen molar-refractivity contribution in [2.45, 2.75) is 57.9 Å². The van der Waals surface area contributed by atoms with Crippen molar-refractivity contribution in [2.75, 3.05) is 6.61 Å². The second-order valence-electron chi connectivity index (χ2n) is 4.42. The molecule has 1 rings (SSSR count). The molecule has 17 heavy (non-hydrogen) atoms. The second kappa shape index (κ2) is 7.84. The lowest BCUT2D eigenvalue weighted by Crippen LogP contribution is -2.40. The van der Waals surface area contributed by atoms with Crippen molar-refractivity contribution in [3.63, 3.8) is 0 Å². The number of hydrogen-bond donors (Lipinski definition) is 1. The summed E-state index contributed by atoms with van der Waals surface area (Å²) in [4.78, 5) is 0. The predicted molar refractivity (Wildman–Crippen MR) is 68.9 cm³/mol. The Morgan fingerprint density at radius 2 is 2.06 bits per heavy atom. The zero-order valence-electron chi connectivity index (χ0n) is 10.5. The molecule has 0 saturated carbocycles. The highest BCUT2D eigenvalue weighted by Crippen LogP contribution is 2.09. The van der Waals surface area contributed by atoms with Crippen LogP contribution in [0, 0.1) is 0 Å². The van der Waals surface area contributed by atoms with Crippen LogP contribution in [0.4, 0.5) is 0 Å². The molecule has 100 valence electrons. The average Bonchev–Trinajstić information content (AvgIpc) is 2.27. The van der Waals surface area contributed by atoms with E-state index in [0.29, 0.717) is 6.42 Å². The third-order valence-corrected chi connectivity index (χ3v) is 3.87. The molecule has 0 aromatic carbocycles. The molecule has 1 N–H and O–H groups in total. The van der Waals surface area contributed by atoms with Gasteiger partial charge in [0.1, 0.15) is 0 Å². The Morgan fingerprint density at radius 1 is 1.29 bits per heavy atom. The fourth-order valence-electron chi connectivity index (χ4n) is 1.82. The summed E-state index contributed by atoms with van der Waals surface area (Å²) in [5.74, 6) is 0. The average molecular weight is 261 g/mol. The Kier molecular flexibility index (Phi) is 6.77. The summed E-state index contributed by atoms with van der Waals surface area (Å²) in [5.41, 5.74) is 0. The lowest BCUT2D eigenvalue weighted by Gasteiger charge is -2.20. The molecule has 1 unspecified atom stereocenters. The van der Waals surface area contributed by atoms with E-state index in [-0.39, 0.29) is 12.6 Å². The summed E-state index contributed by atoms with van der Waals surface area (Å²) in [6, 6.07) is -0.0932. The summed E-state index contributed by atoms with van der Waals surface area (Å²) in [7, 11) is -3.49. The zero-order chi connectivity index (χ0) is 12.6. The van der Waals surface area contributed by atoms with E-state index in [9.17, 15) is 8.42 Å². The molecule has 0 aromatic heterocycles. The Bertz CT molecular complexity index is 325. The lowest BCUT2D eigenvalue weighted by atomic mass is 10.1. The van der Waals surface area contributed by atoms with Crippen molar-refractivity contribution >= 4 is 10.3 Å². The van der Waals surface area contributed by atoms with Gasteiger partial charge in [0.05, 0.1) is 6.61 Å². The van der Waals surface area contributed by atoms with E-state index >= 15 is 0 Å². The maximum Gasteiger partial charge on any atom is 0.336 e. The van der Waals surface area contributed by atoms with Crippen LogP contribution in [0.2, 0.25) is 0 Å². The van der Waals surface area contributed by atoms with E-state index in [1.807, 2.05) is 6.08 Å². The summed E-state index contributed by atoms with van der Waals surface area (Å²) in [6.45, 7) is 2.48. The van der Waals surface area contributed by atoms with Crippen molar-refractivity contribution in [2.24, 2.45) is 0 Å². The van der Waals surface area contributed by atoms with E-state index in [1.165, 1.54) is 32.1 Å². The van der Waals surface area contributed by atoms with Gasteiger partial charge >= 0.3 is 10.3 Å².